The first-order valence-electron chi connectivity index (χ1n) is 6.50. The van der Waals surface area contributed by atoms with Crippen molar-refractivity contribution in [2.75, 3.05) is 11.9 Å². The van der Waals surface area contributed by atoms with E-state index < -0.39 is 0 Å². The zero-order chi connectivity index (χ0) is 14.4. The van der Waals surface area contributed by atoms with Crippen molar-refractivity contribution in [2.45, 2.75) is 26.3 Å². The largest absolute Gasteiger partial charge is 0.323 e. The predicted octanol–water partition coefficient (Wildman–Crippen LogP) is 0.989. The van der Waals surface area contributed by atoms with Crippen molar-refractivity contribution in [3.63, 3.8) is 0 Å². The molecular formula is C13H18N6O. The summed E-state index contributed by atoms with van der Waals surface area (Å²) in [5.74, 6) is 0.489. The van der Waals surface area contributed by atoms with Gasteiger partial charge in [0.2, 0.25) is 5.91 Å². The third kappa shape index (κ3) is 3.86. The van der Waals surface area contributed by atoms with E-state index in [1.165, 1.54) is 17.3 Å². The zero-order valence-corrected chi connectivity index (χ0v) is 11.6. The SMILES string of the molecule is CC(C)NCCC(=O)Nc1cccnc1-n1cncn1. The van der Waals surface area contributed by atoms with Gasteiger partial charge in [-0.3, -0.25) is 4.79 Å². The van der Waals surface area contributed by atoms with E-state index in [-0.39, 0.29) is 5.91 Å². The highest BCUT2D eigenvalue weighted by Crippen LogP contribution is 2.15. The van der Waals surface area contributed by atoms with Crippen LogP contribution in [-0.4, -0.2) is 38.2 Å². The molecular weight excluding hydrogens is 256 g/mol. The molecule has 0 unspecified atom stereocenters. The van der Waals surface area contributed by atoms with Gasteiger partial charge in [0.1, 0.15) is 12.7 Å². The fraction of sp³-hybridized carbons (Fsp3) is 0.385. The summed E-state index contributed by atoms with van der Waals surface area (Å²) in [5.41, 5.74) is 0.618. The molecule has 0 atom stereocenters. The molecule has 0 radical (unpaired) electrons. The molecule has 0 saturated carbocycles. The highest BCUT2D eigenvalue weighted by Gasteiger charge is 2.09. The summed E-state index contributed by atoms with van der Waals surface area (Å²) in [5, 5.41) is 10.1. The van der Waals surface area contributed by atoms with Gasteiger partial charge in [0.25, 0.3) is 0 Å². The number of carbonyl (C=O) groups is 1. The summed E-state index contributed by atoms with van der Waals surface area (Å²) in [6.45, 7) is 4.73. The molecule has 0 aliphatic rings. The van der Waals surface area contributed by atoms with Crippen molar-refractivity contribution in [1.82, 2.24) is 25.1 Å². The van der Waals surface area contributed by atoms with E-state index in [0.717, 1.165) is 0 Å². The third-order valence-electron chi connectivity index (χ3n) is 2.60. The molecule has 1 amide bonds. The molecule has 20 heavy (non-hydrogen) atoms. The summed E-state index contributed by atoms with van der Waals surface area (Å²) in [7, 11) is 0. The number of aromatic nitrogens is 4. The maximum atomic E-state index is 11.9. The average Bonchev–Trinajstić information content (AvgIpc) is 2.92. The van der Waals surface area contributed by atoms with E-state index in [2.05, 4.69) is 25.7 Å². The second-order valence-corrected chi connectivity index (χ2v) is 4.62. The van der Waals surface area contributed by atoms with Crippen LogP contribution in [-0.2, 0) is 4.79 Å². The van der Waals surface area contributed by atoms with Gasteiger partial charge in [-0.05, 0) is 12.1 Å². The van der Waals surface area contributed by atoms with Crippen molar-refractivity contribution in [1.29, 1.82) is 0 Å². The Labute approximate surface area is 117 Å². The summed E-state index contributed by atoms with van der Waals surface area (Å²) in [4.78, 5) is 20.0. The zero-order valence-electron chi connectivity index (χ0n) is 11.6. The number of hydrogen-bond acceptors (Lipinski definition) is 5. The number of nitrogens with one attached hydrogen (secondary N) is 2. The van der Waals surface area contributed by atoms with Crippen molar-refractivity contribution in [3.8, 4) is 5.82 Å². The van der Waals surface area contributed by atoms with Gasteiger partial charge in [-0.2, -0.15) is 5.10 Å². The van der Waals surface area contributed by atoms with Gasteiger partial charge in [0, 0.05) is 25.2 Å². The molecule has 2 N–H and O–H groups in total. The van der Waals surface area contributed by atoms with E-state index >= 15 is 0 Å². The van der Waals surface area contributed by atoms with Gasteiger partial charge in [-0.15, -0.1) is 0 Å². The Morgan fingerprint density at radius 2 is 2.30 bits per heavy atom. The van der Waals surface area contributed by atoms with Crippen molar-refractivity contribution >= 4 is 11.6 Å². The van der Waals surface area contributed by atoms with Crippen molar-refractivity contribution in [3.05, 3.63) is 31.0 Å². The molecule has 0 aromatic carbocycles. The molecule has 2 rings (SSSR count). The maximum Gasteiger partial charge on any atom is 0.225 e. The van der Waals surface area contributed by atoms with Crippen LogP contribution in [0.1, 0.15) is 20.3 Å². The Kier molecular flexibility index (Phi) is 4.78. The number of hydrogen-bond donors (Lipinski definition) is 2. The standard InChI is InChI=1S/C13H18N6O/c1-10(2)15-7-5-12(20)18-11-4-3-6-16-13(11)19-9-14-8-17-19/h3-4,6,8-10,15H,5,7H2,1-2H3,(H,18,20). The average molecular weight is 274 g/mol. The molecule has 2 aromatic heterocycles. The van der Waals surface area contributed by atoms with Crippen LogP contribution >= 0.6 is 0 Å². The maximum absolute atomic E-state index is 11.9. The molecule has 0 aliphatic carbocycles. The monoisotopic (exact) mass is 274 g/mol. The van der Waals surface area contributed by atoms with Crippen LogP contribution in [0.15, 0.2) is 31.0 Å². The number of rotatable bonds is 6. The first-order valence-corrected chi connectivity index (χ1v) is 6.50. The molecule has 2 heterocycles. The smallest absolute Gasteiger partial charge is 0.225 e. The molecule has 7 heteroatoms. The fourth-order valence-corrected chi connectivity index (χ4v) is 1.68. The lowest BCUT2D eigenvalue weighted by Gasteiger charge is -2.10. The minimum atomic E-state index is -0.0625. The normalized spacial score (nSPS) is 10.8. The summed E-state index contributed by atoms with van der Waals surface area (Å²) >= 11 is 0. The third-order valence-corrected chi connectivity index (χ3v) is 2.60. The molecule has 7 nitrogen and oxygen atoms in total. The number of pyridine rings is 1. The van der Waals surface area contributed by atoms with Gasteiger partial charge in [0.05, 0.1) is 5.69 Å². The second-order valence-electron chi connectivity index (χ2n) is 4.62. The molecule has 0 aliphatic heterocycles. The number of carbonyl (C=O) groups excluding carboxylic acids is 1. The Morgan fingerprint density at radius 1 is 1.45 bits per heavy atom. The molecule has 2 aromatic rings. The number of anilines is 1. The second kappa shape index (κ2) is 6.76. The van der Waals surface area contributed by atoms with E-state index in [4.69, 9.17) is 0 Å². The topological polar surface area (TPSA) is 84.7 Å². The Morgan fingerprint density at radius 3 is 3.00 bits per heavy atom. The minimum absolute atomic E-state index is 0.0625. The predicted molar refractivity (Wildman–Crippen MR) is 75.5 cm³/mol. The lowest BCUT2D eigenvalue weighted by Crippen LogP contribution is -2.27. The van der Waals surface area contributed by atoms with E-state index in [1.54, 1.807) is 18.3 Å². The van der Waals surface area contributed by atoms with Crippen LogP contribution in [0.25, 0.3) is 5.82 Å². The lowest BCUT2D eigenvalue weighted by atomic mass is 10.3. The molecule has 0 spiro atoms. The summed E-state index contributed by atoms with van der Waals surface area (Å²) in [6.07, 6.45) is 5.02. The van der Waals surface area contributed by atoms with Crippen LogP contribution in [0.2, 0.25) is 0 Å². The fourth-order valence-electron chi connectivity index (χ4n) is 1.68. The number of nitrogens with zero attached hydrogens (tertiary/aromatic N) is 4. The van der Waals surface area contributed by atoms with E-state index in [9.17, 15) is 4.79 Å². The first-order chi connectivity index (χ1) is 9.66. The number of amides is 1. The van der Waals surface area contributed by atoms with Crippen LogP contribution < -0.4 is 10.6 Å². The quantitative estimate of drug-likeness (QED) is 0.820. The summed E-state index contributed by atoms with van der Waals surface area (Å²) < 4.78 is 1.52. The summed E-state index contributed by atoms with van der Waals surface area (Å²) in [6, 6.07) is 3.92. The molecule has 0 saturated heterocycles. The highest BCUT2D eigenvalue weighted by molar-refractivity contribution is 5.92. The molecule has 0 fully saturated rings. The van der Waals surface area contributed by atoms with E-state index in [0.29, 0.717) is 30.5 Å². The van der Waals surface area contributed by atoms with Crippen LogP contribution in [0.5, 0.6) is 0 Å². The Balaban J connectivity index is 2.01. The Hall–Kier alpha value is -2.28. The minimum Gasteiger partial charge on any atom is -0.323 e. The van der Waals surface area contributed by atoms with Gasteiger partial charge in [-0.1, -0.05) is 13.8 Å². The van der Waals surface area contributed by atoms with Gasteiger partial charge < -0.3 is 10.6 Å². The first kappa shape index (κ1) is 14.1. The van der Waals surface area contributed by atoms with Gasteiger partial charge in [-0.25, -0.2) is 14.6 Å². The highest BCUT2D eigenvalue weighted by atomic mass is 16.1. The van der Waals surface area contributed by atoms with Crippen LogP contribution in [0.4, 0.5) is 5.69 Å². The lowest BCUT2D eigenvalue weighted by molar-refractivity contribution is -0.116. The van der Waals surface area contributed by atoms with Gasteiger partial charge >= 0.3 is 0 Å². The Bertz CT molecular complexity index is 552. The molecule has 106 valence electrons. The van der Waals surface area contributed by atoms with Crippen LogP contribution in [0.3, 0.4) is 0 Å². The van der Waals surface area contributed by atoms with Gasteiger partial charge in [0.15, 0.2) is 5.82 Å². The van der Waals surface area contributed by atoms with Crippen molar-refractivity contribution < 1.29 is 4.79 Å². The van der Waals surface area contributed by atoms with E-state index in [1.807, 2.05) is 13.8 Å². The van der Waals surface area contributed by atoms with Crippen molar-refractivity contribution in [2.24, 2.45) is 0 Å². The van der Waals surface area contributed by atoms with Crippen LogP contribution in [0, 0.1) is 0 Å². The molecule has 0 bridgehead atoms.